The molecule has 3 aromatic carbocycles. The minimum atomic E-state index is -4.22. The molecule has 1 aliphatic heterocycles. The summed E-state index contributed by atoms with van der Waals surface area (Å²) in [7, 11) is -1.47. The molecule has 0 aliphatic carbocycles. The van der Waals surface area contributed by atoms with E-state index in [9.17, 15) is 18.0 Å². The molecule has 9 nitrogen and oxygen atoms in total. The fraction of sp³-hybridized carbons (Fsp3) is 0.290. The number of amides is 1. The van der Waals surface area contributed by atoms with Gasteiger partial charge < -0.3 is 19.1 Å². The third kappa shape index (κ3) is 6.60. The summed E-state index contributed by atoms with van der Waals surface area (Å²) in [6, 6.07) is 17.2. The molecular formula is C31H32N2O7S. The zero-order valence-corrected chi connectivity index (χ0v) is 24.2. The summed E-state index contributed by atoms with van der Waals surface area (Å²) in [6.07, 6.45) is 0. The van der Waals surface area contributed by atoms with E-state index in [4.69, 9.17) is 14.2 Å². The summed E-state index contributed by atoms with van der Waals surface area (Å²) in [6.45, 7) is 3.77. The van der Waals surface area contributed by atoms with Crippen molar-refractivity contribution in [1.29, 1.82) is 0 Å². The number of fused-ring (bicyclic) bond motifs is 1. The largest absolute Gasteiger partial charge is 0.481 e. The highest BCUT2D eigenvalue weighted by atomic mass is 32.2. The molecule has 1 aliphatic rings. The van der Waals surface area contributed by atoms with Crippen molar-refractivity contribution in [2.75, 3.05) is 38.9 Å². The third-order valence-corrected chi connectivity index (χ3v) is 8.61. The highest BCUT2D eigenvalue weighted by Gasteiger charge is 2.42. The van der Waals surface area contributed by atoms with Crippen LogP contribution in [0.2, 0.25) is 0 Å². The number of nitrogens with zero attached hydrogens (tertiary/aromatic N) is 2. The summed E-state index contributed by atoms with van der Waals surface area (Å²) in [5.74, 6) is 4.91. The fourth-order valence-corrected chi connectivity index (χ4v) is 6.12. The van der Waals surface area contributed by atoms with E-state index < -0.39 is 22.0 Å². The van der Waals surface area contributed by atoms with Gasteiger partial charge in [0.2, 0.25) is 10.0 Å². The van der Waals surface area contributed by atoms with Gasteiger partial charge >= 0.3 is 5.97 Å². The minimum absolute atomic E-state index is 0.0315. The van der Waals surface area contributed by atoms with Gasteiger partial charge in [0.1, 0.15) is 25.0 Å². The number of ether oxygens (including phenoxy) is 3. The first-order valence-corrected chi connectivity index (χ1v) is 14.4. The molecule has 10 heteroatoms. The highest BCUT2D eigenvalue weighted by Crippen LogP contribution is 2.33. The van der Waals surface area contributed by atoms with E-state index in [2.05, 4.69) is 11.8 Å². The van der Waals surface area contributed by atoms with Crippen LogP contribution in [-0.2, 0) is 30.8 Å². The van der Waals surface area contributed by atoms with Crippen molar-refractivity contribution in [3.8, 4) is 17.6 Å². The number of methoxy groups -OCH3 is 2. The molecule has 0 aromatic heterocycles. The first-order chi connectivity index (χ1) is 19.7. The Hall–Kier alpha value is -4.17. The number of carbonyl (C=O) groups is 2. The Kier molecular flexibility index (Phi) is 9.45. The Labute approximate surface area is 240 Å². The number of rotatable bonds is 7. The number of sulfonamides is 1. The molecule has 0 fully saturated rings. The van der Waals surface area contributed by atoms with Gasteiger partial charge in [-0.3, -0.25) is 9.59 Å². The van der Waals surface area contributed by atoms with Gasteiger partial charge in [0.15, 0.2) is 0 Å². The highest BCUT2D eigenvalue weighted by molar-refractivity contribution is 7.89. The standard InChI is InChI=1S/C31H32N2O7S/c1-22-11-12-23(2)27(19-22)30(34)32-21-29(31(35)39-4)33(20-24-9-5-6-10-28(24)32)41(36,37)26-15-13-25(14-16-26)40-18-8-7-17-38-3/h5-6,9-16,19,29H,17-18,20-21H2,1-4H3. The van der Waals surface area contributed by atoms with Gasteiger partial charge in [-0.25, -0.2) is 8.42 Å². The normalized spacial score (nSPS) is 15.2. The van der Waals surface area contributed by atoms with Crippen molar-refractivity contribution in [2.24, 2.45) is 0 Å². The van der Waals surface area contributed by atoms with Gasteiger partial charge in [0.25, 0.3) is 5.91 Å². The predicted molar refractivity (Wildman–Crippen MR) is 154 cm³/mol. The van der Waals surface area contributed by atoms with Crippen LogP contribution in [0.3, 0.4) is 0 Å². The Balaban J connectivity index is 1.71. The molecule has 0 spiro atoms. The number of hydrogen-bond acceptors (Lipinski definition) is 7. The molecule has 1 unspecified atom stereocenters. The van der Waals surface area contributed by atoms with Gasteiger partial charge in [0.05, 0.1) is 18.6 Å². The SMILES string of the molecule is COCC#CCOc1ccc(S(=O)(=O)N2Cc3ccccc3N(C(=O)c3cc(C)ccc3C)CC2C(=O)OC)cc1. The number of esters is 1. The molecular weight excluding hydrogens is 544 g/mol. The topological polar surface area (TPSA) is 102 Å². The van der Waals surface area contributed by atoms with Crippen molar-refractivity contribution in [1.82, 2.24) is 4.31 Å². The lowest BCUT2D eigenvalue weighted by molar-refractivity contribution is -0.144. The smallest absolute Gasteiger partial charge is 0.326 e. The summed E-state index contributed by atoms with van der Waals surface area (Å²) in [4.78, 5) is 28.5. The summed E-state index contributed by atoms with van der Waals surface area (Å²) in [5, 5.41) is 0. The maximum Gasteiger partial charge on any atom is 0.326 e. The number of para-hydroxylation sites is 1. The number of benzene rings is 3. The van der Waals surface area contributed by atoms with Crippen molar-refractivity contribution in [3.63, 3.8) is 0 Å². The molecule has 214 valence electrons. The van der Waals surface area contributed by atoms with Crippen LogP contribution >= 0.6 is 0 Å². The van der Waals surface area contributed by atoms with Crippen LogP contribution < -0.4 is 9.64 Å². The lowest BCUT2D eigenvalue weighted by Crippen LogP contribution is -2.50. The predicted octanol–water partition coefficient (Wildman–Crippen LogP) is 3.72. The van der Waals surface area contributed by atoms with E-state index in [1.54, 1.807) is 37.4 Å². The van der Waals surface area contributed by atoms with E-state index in [-0.39, 0.29) is 37.1 Å². The van der Waals surface area contributed by atoms with E-state index in [1.807, 2.05) is 26.0 Å². The number of anilines is 1. The van der Waals surface area contributed by atoms with Gasteiger partial charge in [-0.2, -0.15) is 4.31 Å². The number of carbonyl (C=O) groups excluding carboxylic acids is 2. The van der Waals surface area contributed by atoms with Crippen LogP contribution in [-0.4, -0.2) is 64.6 Å². The molecule has 4 rings (SSSR count). The minimum Gasteiger partial charge on any atom is -0.481 e. The molecule has 0 N–H and O–H groups in total. The Bertz CT molecular complexity index is 1590. The van der Waals surface area contributed by atoms with Crippen molar-refractivity contribution in [3.05, 3.63) is 89.0 Å². The van der Waals surface area contributed by atoms with Gasteiger partial charge in [-0.05, 0) is 61.4 Å². The first kappa shape index (κ1) is 29.8. The van der Waals surface area contributed by atoms with Gasteiger partial charge in [0, 0.05) is 24.9 Å². The molecule has 1 amide bonds. The quantitative estimate of drug-likeness (QED) is 0.312. The second-order valence-electron chi connectivity index (χ2n) is 9.50. The average Bonchev–Trinajstić information content (AvgIpc) is 3.16. The summed E-state index contributed by atoms with van der Waals surface area (Å²) >= 11 is 0. The Morgan fingerprint density at radius 2 is 1.66 bits per heavy atom. The van der Waals surface area contributed by atoms with E-state index in [1.165, 1.54) is 36.3 Å². The Morgan fingerprint density at radius 3 is 2.37 bits per heavy atom. The van der Waals surface area contributed by atoms with Crippen molar-refractivity contribution in [2.45, 2.75) is 31.3 Å². The van der Waals surface area contributed by atoms with Crippen LogP contribution in [0.4, 0.5) is 5.69 Å². The van der Waals surface area contributed by atoms with Crippen LogP contribution in [0, 0.1) is 25.7 Å². The van der Waals surface area contributed by atoms with Crippen LogP contribution in [0.25, 0.3) is 0 Å². The average molecular weight is 577 g/mol. The zero-order valence-electron chi connectivity index (χ0n) is 23.4. The van der Waals surface area contributed by atoms with Crippen LogP contribution in [0.1, 0.15) is 27.0 Å². The van der Waals surface area contributed by atoms with E-state index in [0.717, 1.165) is 15.4 Å². The van der Waals surface area contributed by atoms with Gasteiger partial charge in [-0.15, -0.1) is 0 Å². The lowest BCUT2D eigenvalue weighted by atomic mass is 10.0. The molecule has 1 atom stereocenters. The van der Waals surface area contributed by atoms with Crippen LogP contribution in [0.15, 0.2) is 71.6 Å². The van der Waals surface area contributed by atoms with Crippen molar-refractivity contribution < 1.29 is 32.2 Å². The first-order valence-electron chi connectivity index (χ1n) is 12.9. The van der Waals surface area contributed by atoms with Gasteiger partial charge in [-0.1, -0.05) is 47.7 Å². The van der Waals surface area contributed by atoms with Crippen molar-refractivity contribution >= 4 is 27.6 Å². The molecule has 1 heterocycles. The number of hydrogen-bond donors (Lipinski definition) is 0. The van der Waals surface area contributed by atoms with E-state index in [0.29, 0.717) is 22.6 Å². The molecule has 0 saturated carbocycles. The molecule has 0 radical (unpaired) electrons. The monoisotopic (exact) mass is 576 g/mol. The molecule has 41 heavy (non-hydrogen) atoms. The third-order valence-electron chi connectivity index (χ3n) is 6.74. The molecule has 0 bridgehead atoms. The second-order valence-corrected chi connectivity index (χ2v) is 11.4. The zero-order chi connectivity index (χ0) is 29.6. The second kappa shape index (κ2) is 13.0. The number of aryl methyl sites for hydroxylation is 2. The fourth-order valence-electron chi connectivity index (χ4n) is 4.57. The summed E-state index contributed by atoms with van der Waals surface area (Å²) < 4.78 is 44.6. The maximum absolute atomic E-state index is 14.0. The molecule has 0 saturated heterocycles. The van der Waals surface area contributed by atoms with Crippen LogP contribution in [0.5, 0.6) is 5.75 Å². The van der Waals surface area contributed by atoms with E-state index >= 15 is 0 Å². The maximum atomic E-state index is 14.0. The molecule has 3 aromatic rings. The Morgan fingerprint density at radius 1 is 0.951 bits per heavy atom. The summed E-state index contributed by atoms with van der Waals surface area (Å²) in [5.41, 5.74) is 3.26. The lowest BCUT2D eigenvalue weighted by Gasteiger charge is -2.29.